The van der Waals surface area contributed by atoms with Gasteiger partial charge in [0.2, 0.25) is 10.0 Å². The van der Waals surface area contributed by atoms with Crippen LogP contribution in [-0.2, 0) is 21.4 Å². The van der Waals surface area contributed by atoms with Gasteiger partial charge >= 0.3 is 0 Å². The number of nitrogens with zero attached hydrogens (tertiary/aromatic N) is 1. The van der Waals surface area contributed by atoms with Crippen LogP contribution >= 0.6 is 34.8 Å². The molecule has 0 aliphatic carbocycles. The van der Waals surface area contributed by atoms with Crippen LogP contribution in [0.4, 0.5) is 0 Å². The van der Waals surface area contributed by atoms with E-state index in [1.807, 2.05) is 0 Å². The van der Waals surface area contributed by atoms with E-state index in [-0.39, 0.29) is 33.9 Å². The Morgan fingerprint density at radius 2 is 1.72 bits per heavy atom. The summed E-state index contributed by atoms with van der Waals surface area (Å²) in [6, 6.07) is 9.40. The Labute approximate surface area is 185 Å². The predicted molar refractivity (Wildman–Crippen MR) is 115 cm³/mol. The molecule has 2 aromatic carbocycles. The summed E-state index contributed by atoms with van der Waals surface area (Å²) in [6.07, 6.45) is 2.66. The summed E-state index contributed by atoms with van der Waals surface area (Å²) in [7, 11) is -3.72. The molecule has 1 fully saturated rings. The molecule has 3 rings (SSSR count). The molecule has 5 nitrogen and oxygen atoms in total. The van der Waals surface area contributed by atoms with E-state index in [2.05, 4.69) is 0 Å². The highest BCUT2D eigenvalue weighted by molar-refractivity contribution is 7.89. The maximum atomic E-state index is 13.0. The number of piperidine rings is 1. The van der Waals surface area contributed by atoms with E-state index in [1.54, 1.807) is 24.3 Å². The fourth-order valence-corrected chi connectivity index (χ4v) is 5.66. The van der Waals surface area contributed by atoms with Crippen LogP contribution in [0.2, 0.25) is 15.1 Å². The number of ether oxygens (including phenoxy) is 1. The van der Waals surface area contributed by atoms with Crippen LogP contribution in [0.3, 0.4) is 0 Å². The zero-order chi connectivity index (χ0) is 21.0. The Morgan fingerprint density at radius 3 is 2.41 bits per heavy atom. The van der Waals surface area contributed by atoms with E-state index in [9.17, 15) is 13.2 Å². The molecule has 0 bridgehead atoms. The molecule has 2 aromatic rings. The lowest BCUT2D eigenvalue weighted by Crippen LogP contribution is -2.35. The van der Waals surface area contributed by atoms with Gasteiger partial charge in [-0.05, 0) is 42.7 Å². The number of benzene rings is 2. The highest BCUT2D eigenvalue weighted by Crippen LogP contribution is 2.32. The Hall–Kier alpha value is -1.15. The van der Waals surface area contributed by atoms with Crippen LogP contribution in [0.5, 0.6) is 0 Å². The van der Waals surface area contributed by atoms with E-state index in [4.69, 9.17) is 39.5 Å². The second kappa shape index (κ2) is 9.77. The number of Topliss-reactive ketones (excluding diaryl/α,β-unsaturated/α-hetero) is 1. The predicted octanol–water partition coefficient (Wildman–Crippen LogP) is 5.22. The van der Waals surface area contributed by atoms with Gasteiger partial charge in [-0.2, -0.15) is 4.31 Å². The van der Waals surface area contributed by atoms with E-state index in [0.29, 0.717) is 29.2 Å². The number of ketones is 1. The summed E-state index contributed by atoms with van der Waals surface area (Å²) < 4.78 is 32.8. The van der Waals surface area contributed by atoms with Crippen molar-refractivity contribution in [3.8, 4) is 0 Å². The third kappa shape index (κ3) is 5.51. The summed E-state index contributed by atoms with van der Waals surface area (Å²) in [4.78, 5) is 12.2. The molecule has 0 unspecified atom stereocenters. The Kier molecular flexibility index (Phi) is 7.59. The van der Waals surface area contributed by atoms with Crippen molar-refractivity contribution in [2.24, 2.45) is 0 Å². The third-order valence-electron chi connectivity index (χ3n) is 4.67. The first kappa shape index (κ1) is 22.5. The summed E-state index contributed by atoms with van der Waals surface area (Å²) >= 11 is 18.3. The Morgan fingerprint density at radius 1 is 1.00 bits per heavy atom. The molecule has 156 valence electrons. The van der Waals surface area contributed by atoms with Crippen LogP contribution in [0, 0.1) is 0 Å². The quantitative estimate of drug-likeness (QED) is 0.514. The average molecular weight is 477 g/mol. The van der Waals surface area contributed by atoms with Crippen LogP contribution < -0.4 is 0 Å². The standard InChI is InChI=1S/C20H20Cl3NO4S/c21-16-6-4-5-14(9-16)19(25)13-28-12-15-10-20(18(23)11-17(15)22)29(26,27)24-7-2-1-3-8-24/h4-6,9-11H,1-3,7-8,12-13H2. The summed E-state index contributed by atoms with van der Waals surface area (Å²) in [5.74, 6) is -0.237. The smallest absolute Gasteiger partial charge is 0.244 e. The van der Waals surface area contributed by atoms with Crippen LogP contribution in [-0.4, -0.2) is 38.2 Å². The molecule has 1 aliphatic rings. The van der Waals surface area contributed by atoms with Gasteiger partial charge < -0.3 is 4.74 Å². The minimum atomic E-state index is -3.72. The summed E-state index contributed by atoms with van der Waals surface area (Å²) in [6.45, 7) is 0.737. The zero-order valence-corrected chi connectivity index (χ0v) is 18.6. The van der Waals surface area contributed by atoms with E-state index in [0.717, 1.165) is 19.3 Å². The van der Waals surface area contributed by atoms with Crippen molar-refractivity contribution in [2.45, 2.75) is 30.8 Å². The van der Waals surface area contributed by atoms with E-state index in [1.165, 1.54) is 16.4 Å². The molecule has 0 atom stereocenters. The average Bonchev–Trinajstić information content (AvgIpc) is 2.70. The number of rotatable bonds is 7. The zero-order valence-electron chi connectivity index (χ0n) is 15.5. The van der Waals surface area contributed by atoms with Crippen molar-refractivity contribution in [3.63, 3.8) is 0 Å². The van der Waals surface area contributed by atoms with Gasteiger partial charge in [0.15, 0.2) is 5.78 Å². The van der Waals surface area contributed by atoms with E-state index >= 15 is 0 Å². The fourth-order valence-electron chi connectivity index (χ4n) is 3.12. The summed E-state index contributed by atoms with van der Waals surface area (Å²) in [5.41, 5.74) is 0.888. The van der Waals surface area contributed by atoms with Gasteiger partial charge in [0.05, 0.1) is 11.6 Å². The molecule has 9 heteroatoms. The highest BCUT2D eigenvalue weighted by atomic mass is 35.5. The van der Waals surface area contributed by atoms with Crippen molar-refractivity contribution in [2.75, 3.05) is 19.7 Å². The van der Waals surface area contributed by atoms with Gasteiger partial charge in [0.1, 0.15) is 11.5 Å². The molecule has 1 saturated heterocycles. The minimum absolute atomic E-state index is 0.00485. The van der Waals surface area contributed by atoms with Crippen molar-refractivity contribution >= 4 is 50.6 Å². The fraction of sp³-hybridized carbons (Fsp3) is 0.350. The highest BCUT2D eigenvalue weighted by Gasteiger charge is 2.29. The molecule has 1 heterocycles. The van der Waals surface area contributed by atoms with Crippen molar-refractivity contribution < 1.29 is 17.9 Å². The number of hydrogen-bond acceptors (Lipinski definition) is 4. The molecular formula is C20H20Cl3NO4S. The number of sulfonamides is 1. The molecule has 0 radical (unpaired) electrons. The van der Waals surface area contributed by atoms with Crippen molar-refractivity contribution in [1.29, 1.82) is 0 Å². The molecule has 0 N–H and O–H groups in total. The Bertz CT molecular complexity index is 1000. The molecule has 0 saturated carbocycles. The van der Waals surface area contributed by atoms with Crippen LogP contribution in [0.1, 0.15) is 35.2 Å². The molecule has 29 heavy (non-hydrogen) atoms. The third-order valence-corrected chi connectivity index (χ3v) is 7.62. The van der Waals surface area contributed by atoms with Gasteiger partial charge in [-0.15, -0.1) is 0 Å². The second-order valence-electron chi connectivity index (χ2n) is 6.77. The first-order chi connectivity index (χ1) is 13.8. The van der Waals surface area contributed by atoms with Gasteiger partial charge in [0, 0.05) is 28.7 Å². The maximum absolute atomic E-state index is 13.0. The van der Waals surface area contributed by atoms with E-state index < -0.39 is 10.0 Å². The largest absolute Gasteiger partial charge is 0.369 e. The lowest BCUT2D eigenvalue weighted by Gasteiger charge is -2.26. The minimum Gasteiger partial charge on any atom is -0.369 e. The van der Waals surface area contributed by atoms with Gasteiger partial charge in [-0.1, -0.05) is 53.4 Å². The number of halogens is 3. The molecule has 1 aliphatic heterocycles. The maximum Gasteiger partial charge on any atom is 0.244 e. The number of carbonyl (C=O) groups excluding carboxylic acids is 1. The van der Waals surface area contributed by atoms with Crippen LogP contribution in [0.25, 0.3) is 0 Å². The first-order valence-corrected chi connectivity index (χ1v) is 11.7. The number of carbonyl (C=O) groups is 1. The molecule has 0 aromatic heterocycles. The van der Waals surface area contributed by atoms with Gasteiger partial charge in [-0.25, -0.2) is 8.42 Å². The van der Waals surface area contributed by atoms with Crippen molar-refractivity contribution in [3.05, 3.63) is 62.6 Å². The first-order valence-electron chi connectivity index (χ1n) is 9.13. The van der Waals surface area contributed by atoms with Gasteiger partial charge in [-0.3, -0.25) is 4.79 Å². The second-order valence-corrected chi connectivity index (χ2v) is 9.92. The normalized spacial score (nSPS) is 15.4. The Balaban J connectivity index is 1.73. The molecule has 0 spiro atoms. The van der Waals surface area contributed by atoms with Crippen molar-refractivity contribution in [1.82, 2.24) is 4.31 Å². The SMILES string of the molecule is O=C(COCc1cc(S(=O)(=O)N2CCCCC2)c(Cl)cc1Cl)c1cccc(Cl)c1. The lowest BCUT2D eigenvalue weighted by atomic mass is 10.1. The number of hydrogen-bond donors (Lipinski definition) is 0. The monoisotopic (exact) mass is 475 g/mol. The van der Waals surface area contributed by atoms with Gasteiger partial charge in [0.25, 0.3) is 0 Å². The molecule has 0 amide bonds. The van der Waals surface area contributed by atoms with Crippen LogP contribution in [0.15, 0.2) is 41.3 Å². The topological polar surface area (TPSA) is 63.7 Å². The lowest BCUT2D eigenvalue weighted by molar-refractivity contribution is 0.0726. The molecular weight excluding hydrogens is 457 g/mol. The summed E-state index contributed by atoms with van der Waals surface area (Å²) in [5, 5.41) is 0.811.